The summed E-state index contributed by atoms with van der Waals surface area (Å²) in [5.74, 6) is 1.77. The first-order valence-electron chi connectivity index (χ1n) is 11.8. The average molecular weight is 483 g/mol. The highest BCUT2D eigenvalue weighted by Crippen LogP contribution is 2.20. The van der Waals surface area contributed by atoms with Gasteiger partial charge in [-0.2, -0.15) is 4.98 Å². The van der Waals surface area contributed by atoms with Gasteiger partial charge in [-0.25, -0.2) is 24.7 Å². The van der Waals surface area contributed by atoms with Crippen molar-refractivity contribution in [3.05, 3.63) is 78.2 Å². The van der Waals surface area contributed by atoms with Gasteiger partial charge >= 0.3 is 5.97 Å². The zero-order valence-corrected chi connectivity index (χ0v) is 19.8. The van der Waals surface area contributed by atoms with Gasteiger partial charge < -0.3 is 20.7 Å². The summed E-state index contributed by atoms with van der Waals surface area (Å²) in [5.41, 5.74) is 2.86. The van der Waals surface area contributed by atoms with Crippen molar-refractivity contribution < 1.29 is 9.53 Å². The number of hydrogen-bond acceptors (Lipinski definition) is 10. The van der Waals surface area contributed by atoms with E-state index < -0.39 is 0 Å². The molecule has 0 atom stereocenters. The number of anilines is 4. The van der Waals surface area contributed by atoms with Gasteiger partial charge in [0.1, 0.15) is 23.4 Å². The Kier molecular flexibility index (Phi) is 7.04. The number of benzene rings is 1. The Labute approximate surface area is 208 Å². The third kappa shape index (κ3) is 5.97. The minimum absolute atomic E-state index is 0.0285. The van der Waals surface area contributed by atoms with Gasteiger partial charge in [0.2, 0.25) is 5.95 Å². The van der Waals surface area contributed by atoms with E-state index >= 15 is 0 Å². The van der Waals surface area contributed by atoms with Crippen LogP contribution in [-0.2, 0) is 4.74 Å². The Morgan fingerprint density at radius 3 is 2.42 bits per heavy atom. The number of ether oxygens (including phenoxy) is 1. The SMILES string of the molecule is Cc1cccc(-c2nccc(Nc3ccnc(Nc4ccc(C(=O)OC5CCNCC5)cc4)n3)n2)n1. The molecular weight excluding hydrogens is 456 g/mol. The van der Waals surface area contributed by atoms with Crippen LogP contribution < -0.4 is 16.0 Å². The summed E-state index contributed by atoms with van der Waals surface area (Å²) >= 11 is 0. The summed E-state index contributed by atoms with van der Waals surface area (Å²) in [6.07, 6.45) is 4.97. The van der Waals surface area contributed by atoms with E-state index in [1.165, 1.54) is 0 Å². The van der Waals surface area contributed by atoms with E-state index in [0.29, 0.717) is 34.7 Å². The van der Waals surface area contributed by atoms with Crippen LogP contribution in [0.25, 0.3) is 11.5 Å². The Morgan fingerprint density at radius 2 is 1.64 bits per heavy atom. The smallest absolute Gasteiger partial charge is 0.338 e. The van der Waals surface area contributed by atoms with Crippen molar-refractivity contribution in [1.29, 1.82) is 0 Å². The minimum Gasteiger partial charge on any atom is -0.459 e. The maximum absolute atomic E-state index is 12.4. The maximum atomic E-state index is 12.4. The van der Waals surface area contributed by atoms with Crippen molar-refractivity contribution in [3.8, 4) is 11.5 Å². The molecule has 0 amide bonds. The lowest BCUT2D eigenvalue weighted by atomic mass is 10.1. The largest absolute Gasteiger partial charge is 0.459 e. The van der Waals surface area contributed by atoms with Crippen LogP contribution in [0.1, 0.15) is 28.9 Å². The van der Waals surface area contributed by atoms with Crippen LogP contribution in [0.2, 0.25) is 0 Å². The number of aryl methyl sites for hydroxylation is 1. The Balaban J connectivity index is 1.23. The number of hydrogen-bond donors (Lipinski definition) is 3. The summed E-state index contributed by atoms with van der Waals surface area (Å²) < 4.78 is 5.60. The molecule has 1 aromatic carbocycles. The van der Waals surface area contributed by atoms with Crippen molar-refractivity contribution in [2.75, 3.05) is 23.7 Å². The lowest BCUT2D eigenvalue weighted by Gasteiger charge is -2.22. The van der Waals surface area contributed by atoms with Crippen LogP contribution in [-0.4, -0.2) is 50.1 Å². The van der Waals surface area contributed by atoms with Crippen LogP contribution in [0, 0.1) is 6.92 Å². The lowest BCUT2D eigenvalue weighted by Crippen LogP contribution is -2.33. The van der Waals surface area contributed by atoms with Crippen LogP contribution in [0.15, 0.2) is 67.0 Å². The Bertz CT molecular complexity index is 1340. The summed E-state index contributed by atoms with van der Waals surface area (Å²) in [4.78, 5) is 34.6. The van der Waals surface area contributed by atoms with Gasteiger partial charge in [0.05, 0.1) is 5.56 Å². The zero-order chi connectivity index (χ0) is 24.7. The summed E-state index contributed by atoms with van der Waals surface area (Å²) in [6.45, 7) is 3.67. The number of aromatic nitrogens is 5. The van der Waals surface area contributed by atoms with Crippen LogP contribution in [0.4, 0.5) is 23.3 Å². The topological polar surface area (TPSA) is 127 Å². The third-order valence-corrected chi connectivity index (χ3v) is 5.62. The number of carbonyl (C=O) groups excluding carboxylic acids is 1. The lowest BCUT2D eigenvalue weighted by molar-refractivity contribution is 0.0229. The number of nitrogens with one attached hydrogen (secondary N) is 3. The highest BCUT2D eigenvalue weighted by atomic mass is 16.5. The predicted octanol–water partition coefficient (Wildman–Crippen LogP) is 4.03. The van der Waals surface area contributed by atoms with Crippen molar-refractivity contribution in [1.82, 2.24) is 30.2 Å². The summed E-state index contributed by atoms with van der Waals surface area (Å²) in [6, 6.07) is 16.3. The number of nitrogens with zero attached hydrogens (tertiary/aromatic N) is 5. The van der Waals surface area contributed by atoms with E-state index in [1.807, 2.05) is 25.1 Å². The molecule has 3 N–H and O–H groups in total. The van der Waals surface area contributed by atoms with E-state index in [-0.39, 0.29) is 12.1 Å². The highest BCUT2D eigenvalue weighted by molar-refractivity contribution is 5.90. The van der Waals surface area contributed by atoms with Crippen LogP contribution >= 0.6 is 0 Å². The van der Waals surface area contributed by atoms with E-state index in [2.05, 4.69) is 40.9 Å². The number of rotatable bonds is 7. The fraction of sp³-hybridized carbons (Fsp3) is 0.231. The predicted molar refractivity (Wildman–Crippen MR) is 136 cm³/mol. The van der Waals surface area contributed by atoms with Crippen molar-refractivity contribution >= 4 is 29.2 Å². The second-order valence-corrected chi connectivity index (χ2v) is 8.38. The monoisotopic (exact) mass is 482 g/mol. The van der Waals surface area contributed by atoms with E-state index in [9.17, 15) is 4.79 Å². The van der Waals surface area contributed by atoms with E-state index in [1.54, 1.807) is 48.8 Å². The van der Waals surface area contributed by atoms with Gasteiger partial charge in [0.15, 0.2) is 5.82 Å². The Hall–Kier alpha value is -4.44. The molecule has 10 heteroatoms. The molecule has 0 bridgehead atoms. The Morgan fingerprint density at radius 1 is 0.889 bits per heavy atom. The van der Waals surface area contributed by atoms with Gasteiger partial charge in [0.25, 0.3) is 0 Å². The molecular formula is C26H26N8O2. The number of pyridine rings is 1. The molecule has 1 fully saturated rings. The molecule has 0 aliphatic carbocycles. The standard InChI is InChI=1S/C26H26N8O2/c1-17-3-2-4-21(30-17)24-28-15-11-22(33-24)32-23-12-16-29-26(34-23)31-19-7-5-18(6-8-19)25(35)36-20-9-13-27-14-10-20/h2-8,11-12,15-16,20,27H,9-10,13-14H2,1H3,(H2,28,29,31,32,33,34). The molecule has 1 saturated heterocycles. The molecule has 1 aliphatic rings. The van der Waals surface area contributed by atoms with Crippen molar-refractivity contribution in [3.63, 3.8) is 0 Å². The fourth-order valence-electron chi connectivity index (χ4n) is 3.79. The first-order chi connectivity index (χ1) is 17.6. The summed E-state index contributed by atoms with van der Waals surface area (Å²) in [7, 11) is 0. The van der Waals surface area contributed by atoms with Gasteiger partial charge in [-0.05, 0) is 81.4 Å². The zero-order valence-electron chi connectivity index (χ0n) is 19.8. The van der Waals surface area contributed by atoms with Crippen LogP contribution in [0.5, 0.6) is 0 Å². The number of carbonyl (C=O) groups is 1. The van der Waals surface area contributed by atoms with Gasteiger partial charge in [0, 0.05) is 23.8 Å². The molecule has 4 heterocycles. The molecule has 36 heavy (non-hydrogen) atoms. The molecule has 0 radical (unpaired) electrons. The molecule has 10 nitrogen and oxygen atoms in total. The van der Waals surface area contributed by atoms with Crippen molar-refractivity contribution in [2.45, 2.75) is 25.9 Å². The second kappa shape index (κ2) is 10.9. The molecule has 4 aromatic rings. The minimum atomic E-state index is -0.305. The van der Waals surface area contributed by atoms with Gasteiger partial charge in [-0.1, -0.05) is 6.07 Å². The molecule has 0 unspecified atom stereocenters. The van der Waals surface area contributed by atoms with Gasteiger partial charge in [-0.3, -0.25) is 0 Å². The van der Waals surface area contributed by atoms with Crippen molar-refractivity contribution in [2.24, 2.45) is 0 Å². The third-order valence-electron chi connectivity index (χ3n) is 5.62. The van der Waals surface area contributed by atoms with E-state index in [4.69, 9.17) is 4.74 Å². The normalized spacial score (nSPS) is 13.7. The number of esters is 1. The molecule has 182 valence electrons. The maximum Gasteiger partial charge on any atom is 0.338 e. The molecule has 0 saturated carbocycles. The van der Waals surface area contributed by atoms with E-state index in [0.717, 1.165) is 37.3 Å². The second-order valence-electron chi connectivity index (χ2n) is 8.38. The fourth-order valence-corrected chi connectivity index (χ4v) is 3.79. The molecule has 1 aliphatic heterocycles. The summed E-state index contributed by atoms with van der Waals surface area (Å²) in [5, 5.41) is 9.60. The average Bonchev–Trinajstić information content (AvgIpc) is 2.90. The van der Waals surface area contributed by atoms with Crippen LogP contribution in [0.3, 0.4) is 0 Å². The molecule has 0 spiro atoms. The highest BCUT2D eigenvalue weighted by Gasteiger charge is 2.18. The quantitative estimate of drug-likeness (QED) is 0.332. The first-order valence-corrected chi connectivity index (χ1v) is 11.8. The first kappa shape index (κ1) is 23.3. The molecule has 3 aromatic heterocycles. The number of piperidine rings is 1. The molecule has 5 rings (SSSR count). The van der Waals surface area contributed by atoms with Gasteiger partial charge in [-0.15, -0.1) is 0 Å².